The zero-order valence-corrected chi connectivity index (χ0v) is 12.1. The molecule has 0 aromatic rings. The van der Waals surface area contributed by atoms with Crippen LogP contribution in [0.3, 0.4) is 0 Å². The molecule has 0 rings (SSSR count). The first-order valence-electron chi connectivity index (χ1n) is 6.42. The normalized spacial score (nSPS) is 12.1. The minimum absolute atomic E-state index is 0.00317. The Balaban J connectivity index is 4.19. The van der Waals surface area contributed by atoms with Crippen molar-refractivity contribution >= 4 is 17.8 Å². The highest BCUT2D eigenvalue weighted by Gasteiger charge is 2.16. The second kappa shape index (κ2) is 8.50. The largest absolute Gasteiger partial charge is 0.481 e. The van der Waals surface area contributed by atoms with Crippen molar-refractivity contribution in [3.8, 4) is 0 Å². The van der Waals surface area contributed by atoms with E-state index in [1.54, 1.807) is 7.05 Å². The standard InChI is InChI=1S/C13H24N2O4/c1-9(2)5-11(6-13(18)19)7-14-12(17)8-15(4)10(3)16/h9,11H,5-8H2,1-4H3,(H,14,17)(H,18,19). The van der Waals surface area contributed by atoms with Gasteiger partial charge in [0.15, 0.2) is 0 Å². The predicted molar refractivity (Wildman–Crippen MR) is 71.5 cm³/mol. The lowest BCUT2D eigenvalue weighted by Gasteiger charge is -2.19. The zero-order valence-electron chi connectivity index (χ0n) is 12.1. The lowest BCUT2D eigenvalue weighted by atomic mass is 9.94. The number of nitrogens with zero attached hydrogens (tertiary/aromatic N) is 1. The molecule has 0 heterocycles. The number of carboxylic acid groups (broad SMARTS) is 1. The number of aliphatic carboxylic acids is 1. The fourth-order valence-corrected chi connectivity index (χ4v) is 1.79. The zero-order chi connectivity index (χ0) is 15.0. The van der Waals surface area contributed by atoms with Crippen LogP contribution < -0.4 is 5.32 Å². The van der Waals surface area contributed by atoms with Crippen molar-refractivity contribution in [1.29, 1.82) is 0 Å². The van der Waals surface area contributed by atoms with Crippen molar-refractivity contribution in [2.45, 2.75) is 33.6 Å². The van der Waals surface area contributed by atoms with Gasteiger partial charge >= 0.3 is 5.97 Å². The molecule has 19 heavy (non-hydrogen) atoms. The Kier molecular flexibility index (Phi) is 7.79. The monoisotopic (exact) mass is 272 g/mol. The van der Waals surface area contributed by atoms with Gasteiger partial charge in [0.25, 0.3) is 0 Å². The van der Waals surface area contributed by atoms with Gasteiger partial charge in [-0.3, -0.25) is 14.4 Å². The van der Waals surface area contributed by atoms with E-state index in [1.165, 1.54) is 11.8 Å². The van der Waals surface area contributed by atoms with Gasteiger partial charge < -0.3 is 15.3 Å². The first-order valence-corrected chi connectivity index (χ1v) is 6.42. The Morgan fingerprint density at radius 3 is 2.26 bits per heavy atom. The number of hydrogen-bond donors (Lipinski definition) is 2. The third-order valence-electron chi connectivity index (χ3n) is 2.77. The van der Waals surface area contributed by atoms with Gasteiger partial charge in [-0.2, -0.15) is 0 Å². The van der Waals surface area contributed by atoms with Gasteiger partial charge in [-0.15, -0.1) is 0 Å². The molecular formula is C13H24N2O4. The Hall–Kier alpha value is -1.59. The highest BCUT2D eigenvalue weighted by atomic mass is 16.4. The van der Waals surface area contributed by atoms with E-state index < -0.39 is 5.97 Å². The van der Waals surface area contributed by atoms with Crippen LogP contribution in [0, 0.1) is 11.8 Å². The predicted octanol–water partition coefficient (Wildman–Crippen LogP) is 0.718. The van der Waals surface area contributed by atoms with Gasteiger partial charge in [0.1, 0.15) is 0 Å². The molecule has 0 aromatic heterocycles. The van der Waals surface area contributed by atoms with Gasteiger partial charge in [-0.05, 0) is 18.3 Å². The molecule has 0 aliphatic carbocycles. The first kappa shape index (κ1) is 17.4. The van der Waals surface area contributed by atoms with Crippen LogP contribution in [0.15, 0.2) is 0 Å². The Morgan fingerprint density at radius 1 is 1.26 bits per heavy atom. The fraction of sp³-hybridized carbons (Fsp3) is 0.769. The van der Waals surface area contributed by atoms with E-state index in [-0.39, 0.29) is 30.7 Å². The lowest BCUT2D eigenvalue weighted by molar-refractivity contribution is -0.138. The van der Waals surface area contributed by atoms with Gasteiger partial charge in [0.05, 0.1) is 6.54 Å². The van der Waals surface area contributed by atoms with Crippen LogP contribution in [0.1, 0.15) is 33.6 Å². The number of nitrogens with one attached hydrogen (secondary N) is 1. The third kappa shape index (κ3) is 9.04. The topological polar surface area (TPSA) is 86.7 Å². The summed E-state index contributed by atoms with van der Waals surface area (Å²) >= 11 is 0. The van der Waals surface area contributed by atoms with Crippen LogP contribution >= 0.6 is 0 Å². The molecule has 2 N–H and O–H groups in total. The van der Waals surface area contributed by atoms with E-state index in [0.29, 0.717) is 12.5 Å². The Morgan fingerprint density at radius 2 is 1.84 bits per heavy atom. The molecular weight excluding hydrogens is 248 g/mol. The van der Waals surface area contributed by atoms with Crippen LogP contribution in [0.4, 0.5) is 0 Å². The molecule has 0 aliphatic heterocycles. The van der Waals surface area contributed by atoms with Crippen LogP contribution in [-0.2, 0) is 14.4 Å². The average Bonchev–Trinajstić information content (AvgIpc) is 2.24. The molecule has 6 nitrogen and oxygen atoms in total. The van der Waals surface area contributed by atoms with Crippen molar-refractivity contribution in [3.63, 3.8) is 0 Å². The van der Waals surface area contributed by atoms with E-state index in [0.717, 1.165) is 6.42 Å². The molecule has 0 spiro atoms. The Bertz CT molecular complexity index is 329. The van der Waals surface area contributed by atoms with E-state index in [4.69, 9.17) is 5.11 Å². The maximum Gasteiger partial charge on any atom is 0.303 e. The number of carbonyl (C=O) groups is 3. The van der Waals surface area contributed by atoms with Gasteiger partial charge in [-0.1, -0.05) is 13.8 Å². The number of hydrogen-bond acceptors (Lipinski definition) is 3. The number of carbonyl (C=O) groups excluding carboxylic acids is 2. The summed E-state index contributed by atoms with van der Waals surface area (Å²) < 4.78 is 0. The number of amides is 2. The molecule has 1 unspecified atom stereocenters. The summed E-state index contributed by atoms with van der Waals surface area (Å²) in [5.41, 5.74) is 0. The summed E-state index contributed by atoms with van der Waals surface area (Å²) in [6, 6.07) is 0. The maximum atomic E-state index is 11.6. The molecule has 0 bridgehead atoms. The average molecular weight is 272 g/mol. The van der Waals surface area contributed by atoms with Crippen molar-refractivity contribution in [2.24, 2.45) is 11.8 Å². The Labute approximate surface area is 114 Å². The molecule has 0 aromatic carbocycles. The maximum absolute atomic E-state index is 11.6. The summed E-state index contributed by atoms with van der Waals surface area (Å²) in [5.74, 6) is -1.01. The lowest BCUT2D eigenvalue weighted by Crippen LogP contribution is -2.39. The molecule has 2 amide bonds. The second-order valence-electron chi connectivity index (χ2n) is 5.27. The van der Waals surface area contributed by atoms with Crippen LogP contribution in [0.25, 0.3) is 0 Å². The number of rotatable bonds is 8. The second-order valence-corrected chi connectivity index (χ2v) is 5.27. The van der Waals surface area contributed by atoms with Crippen LogP contribution in [0.2, 0.25) is 0 Å². The summed E-state index contributed by atoms with van der Waals surface area (Å²) in [7, 11) is 1.55. The van der Waals surface area contributed by atoms with Crippen molar-refractivity contribution in [2.75, 3.05) is 20.1 Å². The third-order valence-corrected chi connectivity index (χ3v) is 2.77. The number of carboxylic acids is 1. The highest BCUT2D eigenvalue weighted by Crippen LogP contribution is 2.14. The van der Waals surface area contributed by atoms with E-state index in [9.17, 15) is 14.4 Å². The SMILES string of the molecule is CC(=O)N(C)CC(=O)NCC(CC(=O)O)CC(C)C. The van der Waals surface area contributed by atoms with E-state index >= 15 is 0 Å². The minimum Gasteiger partial charge on any atom is -0.481 e. The minimum atomic E-state index is -0.860. The van der Waals surface area contributed by atoms with Gasteiger partial charge in [-0.25, -0.2) is 0 Å². The quantitative estimate of drug-likeness (QED) is 0.681. The molecule has 1 atom stereocenters. The van der Waals surface area contributed by atoms with Crippen molar-refractivity contribution in [1.82, 2.24) is 10.2 Å². The molecule has 0 saturated carbocycles. The van der Waals surface area contributed by atoms with Crippen molar-refractivity contribution in [3.05, 3.63) is 0 Å². The summed E-state index contributed by atoms with van der Waals surface area (Å²) in [6.07, 6.45) is 0.788. The summed E-state index contributed by atoms with van der Waals surface area (Å²) in [5, 5.41) is 11.5. The molecule has 0 saturated heterocycles. The van der Waals surface area contributed by atoms with E-state index in [1.807, 2.05) is 13.8 Å². The summed E-state index contributed by atoms with van der Waals surface area (Å²) in [4.78, 5) is 34.6. The van der Waals surface area contributed by atoms with Crippen molar-refractivity contribution < 1.29 is 19.5 Å². The molecule has 6 heteroatoms. The molecule has 110 valence electrons. The van der Waals surface area contributed by atoms with Gasteiger partial charge in [0, 0.05) is 26.9 Å². The summed E-state index contributed by atoms with van der Waals surface area (Å²) in [6.45, 7) is 5.74. The van der Waals surface area contributed by atoms with E-state index in [2.05, 4.69) is 5.32 Å². The molecule has 0 aliphatic rings. The number of likely N-dealkylation sites (N-methyl/N-ethyl adjacent to an activating group) is 1. The first-order chi connectivity index (χ1) is 8.72. The van der Waals surface area contributed by atoms with Gasteiger partial charge in [0.2, 0.25) is 11.8 Å². The van der Waals surface area contributed by atoms with Crippen LogP contribution in [-0.4, -0.2) is 47.9 Å². The molecule has 0 radical (unpaired) electrons. The van der Waals surface area contributed by atoms with Crippen LogP contribution in [0.5, 0.6) is 0 Å². The smallest absolute Gasteiger partial charge is 0.303 e. The highest BCUT2D eigenvalue weighted by molar-refractivity contribution is 5.83. The fourth-order valence-electron chi connectivity index (χ4n) is 1.79. The molecule has 0 fully saturated rings.